The van der Waals surface area contributed by atoms with Gasteiger partial charge in [-0.3, -0.25) is 19.8 Å². The summed E-state index contributed by atoms with van der Waals surface area (Å²) in [7, 11) is 1.58. The Kier molecular flexibility index (Phi) is 5.65. The van der Waals surface area contributed by atoms with Gasteiger partial charge in [0.1, 0.15) is 11.5 Å². The van der Waals surface area contributed by atoms with Gasteiger partial charge >= 0.3 is 0 Å². The number of amidine groups is 1. The van der Waals surface area contributed by atoms with E-state index in [2.05, 4.69) is 4.99 Å². The molecular formula is C19H17N3O5S. The van der Waals surface area contributed by atoms with Gasteiger partial charge in [0.2, 0.25) is 0 Å². The van der Waals surface area contributed by atoms with Crippen LogP contribution in [-0.2, 0) is 4.79 Å². The zero-order valence-electron chi connectivity index (χ0n) is 15.2. The van der Waals surface area contributed by atoms with E-state index >= 15 is 0 Å². The zero-order valence-corrected chi connectivity index (χ0v) is 16.0. The maximum atomic E-state index is 12.7. The minimum atomic E-state index is -0.556. The van der Waals surface area contributed by atoms with E-state index in [0.717, 1.165) is 11.8 Å². The third-order valence-electron chi connectivity index (χ3n) is 4.01. The van der Waals surface area contributed by atoms with Crippen molar-refractivity contribution in [1.82, 2.24) is 4.90 Å². The molecule has 144 valence electrons. The van der Waals surface area contributed by atoms with Crippen LogP contribution in [0.15, 0.2) is 52.4 Å². The molecule has 0 radical (unpaired) electrons. The molecule has 9 heteroatoms. The average molecular weight is 399 g/mol. The smallest absolute Gasteiger partial charge is 0.270 e. The predicted octanol–water partition coefficient (Wildman–Crippen LogP) is 3.93. The number of amides is 1. The van der Waals surface area contributed by atoms with Crippen molar-refractivity contribution in [2.45, 2.75) is 6.92 Å². The molecule has 0 atom stereocenters. The number of carbonyl (C=O) groups excluding carboxylic acids is 1. The standard InChI is InChI=1S/C19H17N3O5S/c1-3-21-18(24)17(11-12-10-14(22(25)26)6-9-16(12)23)28-19(21)20-13-4-7-15(27-2)8-5-13/h4-11,23H,3H2,1-2H3/b17-11+,20-19?. The van der Waals surface area contributed by atoms with Crippen molar-refractivity contribution in [2.75, 3.05) is 13.7 Å². The second-order valence-electron chi connectivity index (χ2n) is 5.75. The number of aliphatic imine (C=N–C) groups is 1. The number of benzene rings is 2. The third-order valence-corrected chi connectivity index (χ3v) is 5.02. The number of carbonyl (C=O) groups is 1. The van der Waals surface area contributed by atoms with Crippen molar-refractivity contribution in [3.8, 4) is 11.5 Å². The Balaban J connectivity index is 1.95. The van der Waals surface area contributed by atoms with Gasteiger partial charge in [0.15, 0.2) is 5.17 Å². The van der Waals surface area contributed by atoms with Gasteiger partial charge in [-0.05, 0) is 55.1 Å². The Labute approximate surface area is 165 Å². The highest BCUT2D eigenvalue weighted by atomic mass is 32.2. The van der Waals surface area contributed by atoms with Crippen LogP contribution in [0.3, 0.4) is 0 Å². The van der Waals surface area contributed by atoms with Crippen LogP contribution in [0, 0.1) is 10.1 Å². The molecule has 0 aromatic heterocycles. The monoisotopic (exact) mass is 399 g/mol. The van der Waals surface area contributed by atoms with Crippen molar-refractivity contribution < 1.29 is 19.6 Å². The number of rotatable bonds is 5. The number of aromatic hydroxyl groups is 1. The van der Waals surface area contributed by atoms with Gasteiger partial charge in [-0.25, -0.2) is 4.99 Å². The lowest BCUT2D eigenvalue weighted by Gasteiger charge is -2.12. The molecule has 1 aliphatic heterocycles. The van der Waals surface area contributed by atoms with Crippen molar-refractivity contribution in [1.29, 1.82) is 0 Å². The van der Waals surface area contributed by atoms with Crippen molar-refractivity contribution in [3.63, 3.8) is 0 Å². The number of nitrogens with zero attached hydrogens (tertiary/aromatic N) is 3. The summed E-state index contributed by atoms with van der Waals surface area (Å²) in [5.74, 6) is 0.286. The van der Waals surface area contributed by atoms with E-state index < -0.39 is 4.92 Å². The molecule has 2 aromatic carbocycles. The molecule has 1 fully saturated rings. The van der Waals surface area contributed by atoms with Crippen LogP contribution in [0.25, 0.3) is 6.08 Å². The first kappa shape index (κ1) is 19.4. The number of phenolic OH excluding ortho intramolecular Hbond substituents is 1. The lowest BCUT2D eigenvalue weighted by Crippen LogP contribution is -2.28. The van der Waals surface area contributed by atoms with Crippen molar-refractivity contribution in [3.05, 3.63) is 63.0 Å². The Hall–Kier alpha value is -3.33. The van der Waals surface area contributed by atoms with Crippen LogP contribution in [0.5, 0.6) is 11.5 Å². The minimum Gasteiger partial charge on any atom is -0.507 e. The summed E-state index contributed by atoms with van der Waals surface area (Å²) in [6.07, 6.45) is 1.44. The van der Waals surface area contributed by atoms with Crippen molar-refractivity contribution >= 4 is 40.3 Å². The van der Waals surface area contributed by atoms with Crippen LogP contribution in [0.2, 0.25) is 0 Å². The van der Waals surface area contributed by atoms with Gasteiger partial charge in [0.05, 0.1) is 22.6 Å². The van der Waals surface area contributed by atoms with E-state index in [-0.39, 0.29) is 22.9 Å². The van der Waals surface area contributed by atoms with Gasteiger partial charge in [0.25, 0.3) is 11.6 Å². The first-order valence-electron chi connectivity index (χ1n) is 8.34. The average Bonchev–Trinajstić information content (AvgIpc) is 2.98. The second kappa shape index (κ2) is 8.13. The maximum absolute atomic E-state index is 12.7. The molecule has 1 heterocycles. The van der Waals surface area contributed by atoms with Crippen molar-refractivity contribution in [2.24, 2.45) is 4.99 Å². The lowest BCUT2D eigenvalue weighted by atomic mass is 10.1. The highest BCUT2D eigenvalue weighted by Crippen LogP contribution is 2.36. The normalized spacial score (nSPS) is 16.8. The summed E-state index contributed by atoms with van der Waals surface area (Å²) in [6, 6.07) is 10.8. The number of non-ortho nitro benzene ring substituents is 1. The predicted molar refractivity (Wildman–Crippen MR) is 108 cm³/mol. The summed E-state index contributed by atoms with van der Waals surface area (Å²) in [6.45, 7) is 2.24. The van der Waals surface area contributed by atoms with Gasteiger partial charge in [-0.15, -0.1) is 0 Å². The number of hydrogen-bond donors (Lipinski definition) is 1. The van der Waals surface area contributed by atoms with E-state index in [0.29, 0.717) is 28.1 Å². The molecular weight excluding hydrogens is 382 g/mol. The van der Waals surface area contributed by atoms with E-state index in [9.17, 15) is 20.0 Å². The van der Waals surface area contributed by atoms with Crippen LogP contribution < -0.4 is 4.74 Å². The molecule has 2 aromatic rings. The number of thioether (sulfide) groups is 1. The highest BCUT2D eigenvalue weighted by Gasteiger charge is 2.32. The summed E-state index contributed by atoms with van der Waals surface area (Å²) < 4.78 is 5.12. The first-order chi connectivity index (χ1) is 13.4. The maximum Gasteiger partial charge on any atom is 0.270 e. The Morgan fingerprint density at radius 3 is 2.61 bits per heavy atom. The summed E-state index contributed by atoms with van der Waals surface area (Å²) in [4.78, 5) is 29.4. The fourth-order valence-electron chi connectivity index (χ4n) is 2.55. The molecule has 1 saturated heterocycles. The van der Waals surface area contributed by atoms with Crippen LogP contribution in [0.4, 0.5) is 11.4 Å². The summed E-state index contributed by atoms with van der Waals surface area (Å²) in [5, 5.41) is 21.4. The van der Waals surface area contributed by atoms with Gasteiger partial charge in [0, 0.05) is 24.2 Å². The number of nitro groups is 1. The van der Waals surface area contributed by atoms with E-state index in [1.165, 1.54) is 29.2 Å². The largest absolute Gasteiger partial charge is 0.507 e. The fraction of sp³-hybridized carbons (Fsp3) is 0.158. The number of hydrogen-bond acceptors (Lipinski definition) is 7. The zero-order chi connectivity index (χ0) is 20.3. The molecule has 0 unspecified atom stereocenters. The fourth-order valence-corrected chi connectivity index (χ4v) is 3.60. The summed E-state index contributed by atoms with van der Waals surface area (Å²) in [5.41, 5.74) is 0.695. The molecule has 0 aliphatic carbocycles. The molecule has 0 spiro atoms. The molecule has 1 amide bonds. The highest BCUT2D eigenvalue weighted by molar-refractivity contribution is 8.18. The van der Waals surface area contributed by atoms with Crippen LogP contribution in [-0.4, -0.2) is 39.7 Å². The quantitative estimate of drug-likeness (QED) is 0.464. The molecule has 3 rings (SSSR count). The SMILES string of the molecule is CCN1C(=O)/C(=C\c2cc([N+](=O)[O-])ccc2O)SC1=Nc1ccc(OC)cc1. The molecule has 0 saturated carbocycles. The van der Waals surface area contributed by atoms with Gasteiger partial charge < -0.3 is 9.84 Å². The Morgan fingerprint density at radius 1 is 1.29 bits per heavy atom. The third kappa shape index (κ3) is 3.99. The summed E-state index contributed by atoms with van der Waals surface area (Å²) >= 11 is 1.15. The van der Waals surface area contributed by atoms with E-state index in [1.807, 2.05) is 6.92 Å². The number of nitro benzene ring substituents is 1. The van der Waals surface area contributed by atoms with Gasteiger partial charge in [-0.1, -0.05) is 0 Å². The lowest BCUT2D eigenvalue weighted by molar-refractivity contribution is -0.384. The Bertz CT molecular complexity index is 986. The molecule has 8 nitrogen and oxygen atoms in total. The molecule has 0 bridgehead atoms. The molecule has 1 aliphatic rings. The van der Waals surface area contributed by atoms with E-state index in [1.54, 1.807) is 31.4 Å². The second-order valence-corrected chi connectivity index (χ2v) is 6.76. The minimum absolute atomic E-state index is 0.143. The number of likely N-dealkylation sites (N-methyl/N-ethyl adjacent to an activating group) is 1. The number of ether oxygens (including phenoxy) is 1. The van der Waals surface area contributed by atoms with Gasteiger partial charge in [-0.2, -0.15) is 0 Å². The topological polar surface area (TPSA) is 105 Å². The molecule has 1 N–H and O–H groups in total. The number of methoxy groups -OCH3 is 1. The molecule has 28 heavy (non-hydrogen) atoms. The van der Waals surface area contributed by atoms with E-state index in [4.69, 9.17) is 4.74 Å². The van der Waals surface area contributed by atoms with Crippen LogP contribution >= 0.6 is 11.8 Å². The van der Waals surface area contributed by atoms with Crippen LogP contribution in [0.1, 0.15) is 12.5 Å². The first-order valence-corrected chi connectivity index (χ1v) is 9.16. The Morgan fingerprint density at radius 2 is 2.00 bits per heavy atom. The number of phenols is 1.